The molecule has 0 aliphatic heterocycles. The summed E-state index contributed by atoms with van der Waals surface area (Å²) in [4.78, 5) is 11.0. The minimum atomic E-state index is -3.93. The van der Waals surface area contributed by atoms with Crippen molar-refractivity contribution in [3.05, 3.63) is 23.8 Å². The summed E-state index contributed by atoms with van der Waals surface area (Å²) >= 11 is 0. The van der Waals surface area contributed by atoms with Crippen molar-refractivity contribution in [2.24, 2.45) is 0 Å². The van der Waals surface area contributed by atoms with Gasteiger partial charge in [-0.1, -0.05) is 5.92 Å². The Morgan fingerprint density at radius 3 is 2.57 bits per heavy atom. The lowest BCUT2D eigenvalue weighted by molar-refractivity contribution is 0.0692. The van der Waals surface area contributed by atoms with Gasteiger partial charge < -0.3 is 9.84 Å². The van der Waals surface area contributed by atoms with E-state index >= 15 is 0 Å². The van der Waals surface area contributed by atoms with E-state index in [-0.39, 0.29) is 22.8 Å². The quantitative estimate of drug-likeness (QED) is 0.776. The van der Waals surface area contributed by atoms with E-state index in [4.69, 9.17) is 16.3 Å². The zero-order valence-corrected chi connectivity index (χ0v) is 12.8. The minimum Gasteiger partial charge on any atom is -0.493 e. The third-order valence-corrected chi connectivity index (χ3v) is 4.20. The second-order valence-corrected chi connectivity index (χ2v) is 6.45. The molecule has 0 unspecified atom stereocenters. The van der Waals surface area contributed by atoms with E-state index in [1.807, 2.05) is 0 Å². The number of terminal acetylenes is 1. The highest BCUT2D eigenvalue weighted by Gasteiger charge is 2.26. The Bertz CT molecular complexity index is 686. The van der Waals surface area contributed by atoms with Crippen LogP contribution in [0.15, 0.2) is 23.1 Å². The Morgan fingerprint density at radius 1 is 1.48 bits per heavy atom. The fraction of sp³-hybridized carbons (Fsp3) is 0.357. The fourth-order valence-electron chi connectivity index (χ4n) is 1.55. The highest BCUT2D eigenvalue weighted by Crippen LogP contribution is 2.23. The molecule has 0 fully saturated rings. The maximum atomic E-state index is 12.2. The highest BCUT2D eigenvalue weighted by molar-refractivity contribution is 7.89. The molecule has 0 saturated heterocycles. The molecule has 0 saturated carbocycles. The monoisotopic (exact) mass is 311 g/mol. The zero-order chi connectivity index (χ0) is 16.3. The van der Waals surface area contributed by atoms with Crippen molar-refractivity contribution in [2.45, 2.75) is 31.2 Å². The predicted octanol–water partition coefficient (Wildman–Crippen LogP) is 1.47. The summed E-state index contributed by atoms with van der Waals surface area (Å²) in [7, 11) is -3.93. The molecule has 0 amide bonds. The molecule has 6 nitrogen and oxygen atoms in total. The first-order valence-electron chi connectivity index (χ1n) is 6.15. The van der Waals surface area contributed by atoms with Gasteiger partial charge in [0.15, 0.2) is 0 Å². The number of carboxylic acids is 1. The largest absolute Gasteiger partial charge is 0.493 e. The molecule has 1 aromatic carbocycles. The summed E-state index contributed by atoms with van der Waals surface area (Å²) in [6.07, 6.45) is 5.24. The van der Waals surface area contributed by atoms with Gasteiger partial charge in [0.1, 0.15) is 11.3 Å². The first kappa shape index (κ1) is 17.0. The Labute approximate surface area is 124 Å². The smallest absolute Gasteiger partial charge is 0.339 e. The van der Waals surface area contributed by atoms with Gasteiger partial charge in [-0.15, -0.1) is 6.42 Å². The average Bonchev–Trinajstić information content (AvgIpc) is 2.38. The Hall–Kier alpha value is -2.04. The first-order chi connectivity index (χ1) is 9.63. The number of carboxylic acid groups (broad SMARTS) is 1. The molecule has 21 heavy (non-hydrogen) atoms. The summed E-state index contributed by atoms with van der Waals surface area (Å²) in [6.45, 7) is 5.02. The lowest BCUT2D eigenvalue weighted by Gasteiger charge is -2.19. The number of aromatic carboxylic acids is 1. The first-order valence-corrected chi connectivity index (χ1v) is 7.63. The summed E-state index contributed by atoms with van der Waals surface area (Å²) in [5.74, 6) is 1.14. The van der Waals surface area contributed by atoms with E-state index in [1.54, 1.807) is 6.92 Å². The van der Waals surface area contributed by atoms with Crippen molar-refractivity contribution in [2.75, 3.05) is 6.61 Å². The van der Waals surface area contributed by atoms with Crippen LogP contribution in [-0.4, -0.2) is 31.6 Å². The molecule has 0 heterocycles. The molecular weight excluding hydrogens is 294 g/mol. The van der Waals surface area contributed by atoms with Gasteiger partial charge in [0, 0.05) is 0 Å². The zero-order valence-electron chi connectivity index (χ0n) is 12.0. The van der Waals surface area contributed by atoms with Crippen molar-refractivity contribution >= 4 is 16.0 Å². The number of hydrogen-bond acceptors (Lipinski definition) is 4. The van der Waals surface area contributed by atoms with E-state index < -0.39 is 21.5 Å². The van der Waals surface area contributed by atoms with Gasteiger partial charge in [-0.2, -0.15) is 4.72 Å². The van der Waals surface area contributed by atoms with Crippen molar-refractivity contribution in [1.29, 1.82) is 0 Å². The van der Waals surface area contributed by atoms with Gasteiger partial charge in [-0.3, -0.25) is 0 Å². The SMILES string of the molecule is C#CC(C)(C)NS(=O)(=O)c1ccc(OCC)c(C(=O)O)c1. The molecule has 7 heteroatoms. The van der Waals surface area contributed by atoms with Crippen LogP contribution in [0.3, 0.4) is 0 Å². The van der Waals surface area contributed by atoms with E-state index in [2.05, 4.69) is 10.6 Å². The number of sulfonamides is 1. The molecule has 0 radical (unpaired) electrons. The molecule has 0 spiro atoms. The van der Waals surface area contributed by atoms with Gasteiger partial charge >= 0.3 is 5.97 Å². The number of nitrogens with one attached hydrogen (secondary N) is 1. The van der Waals surface area contributed by atoms with E-state index in [0.717, 1.165) is 6.07 Å². The van der Waals surface area contributed by atoms with Crippen molar-refractivity contribution in [3.8, 4) is 18.1 Å². The number of carbonyl (C=O) groups is 1. The average molecular weight is 311 g/mol. The molecule has 1 rings (SSSR count). The molecule has 114 valence electrons. The van der Waals surface area contributed by atoms with Gasteiger partial charge in [0.25, 0.3) is 0 Å². The second-order valence-electron chi connectivity index (χ2n) is 4.77. The standard InChI is InChI=1S/C14H17NO5S/c1-5-14(3,4)15-21(18,19)10-7-8-12(20-6-2)11(9-10)13(16)17/h1,7-9,15H,6H2,2-4H3,(H,16,17). The lowest BCUT2D eigenvalue weighted by Crippen LogP contribution is -2.42. The molecule has 0 atom stereocenters. The van der Waals surface area contributed by atoms with Crippen LogP contribution < -0.4 is 9.46 Å². The summed E-state index contributed by atoms with van der Waals surface area (Å²) in [5, 5.41) is 9.13. The number of ether oxygens (including phenoxy) is 1. The van der Waals surface area contributed by atoms with Crippen LogP contribution in [-0.2, 0) is 10.0 Å². The predicted molar refractivity (Wildman–Crippen MR) is 77.8 cm³/mol. The summed E-state index contributed by atoms with van der Waals surface area (Å²) in [6, 6.07) is 3.62. The van der Waals surface area contributed by atoms with Crippen LogP contribution in [0.4, 0.5) is 0 Å². The van der Waals surface area contributed by atoms with Crippen LogP contribution in [0.2, 0.25) is 0 Å². The van der Waals surface area contributed by atoms with Crippen LogP contribution in [0.5, 0.6) is 5.75 Å². The second kappa shape index (κ2) is 6.16. The van der Waals surface area contributed by atoms with Crippen LogP contribution in [0.1, 0.15) is 31.1 Å². The third kappa shape index (κ3) is 4.21. The van der Waals surface area contributed by atoms with Gasteiger partial charge in [0.05, 0.1) is 17.0 Å². The van der Waals surface area contributed by atoms with E-state index in [9.17, 15) is 13.2 Å². The van der Waals surface area contributed by atoms with Crippen molar-refractivity contribution in [1.82, 2.24) is 4.72 Å². The topological polar surface area (TPSA) is 92.7 Å². The Morgan fingerprint density at radius 2 is 2.10 bits per heavy atom. The number of rotatable bonds is 6. The van der Waals surface area contributed by atoms with E-state index in [1.165, 1.54) is 26.0 Å². The molecule has 0 aliphatic rings. The summed E-state index contributed by atoms with van der Waals surface area (Å²) in [5.41, 5.74) is -1.31. The van der Waals surface area contributed by atoms with Gasteiger partial charge in [0.2, 0.25) is 10.0 Å². The number of benzene rings is 1. The van der Waals surface area contributed by atoms with Crippen LogP contribution in [0.25, 0.3) is 0 Å². The lowest BCUT2D eigenvalue weighted by atomic mass is 10.1. The van der Waals surface area contributed by atoms with E-state index in [0.29, 0.717) is 0 Å². The third-order valence-electron chi connectivity index (χ3n) is 2.54. The normalized spacial score (nSPS) is 11.7. The van der Waals surface area contributed by atoms with Gasteiger partial charge in [-0.25, -0.2) is 13.2 Å². The molecule has 0 aromatic heterocycles. The Kier molecular flexibility index (Phi) is 4.99. The molecular formula is C14H17NO5S. The van der Waals surface area contributed by atoms with Crippen molar-refractivity contribution < 1.29 is 23.1 Å². The molecule has 0 aliphatic carbocycles. The summed E-state index contributed by atoms with van der Waals surface area (Å²) < 4.78 is 31.9. The fourth-order valence-corrected chi connectivity index (χ4v) is 2.92. The number of hydrogen-bond donors (Lipinski definition) is 2. The highest BCUT2D eigenvalue weighted by atomic mass is 32.2. The molecule has 0 bridgehead atoms. The van der Waals surface area contributed by atoms with Crippen molar-refractivity contribution in [3.63, 3.8) is 0 Å². The van der Waals surface area contributed by atoms with Crippen LogP contribution in [0, 0.1) is 12.3 Å². The van der Waals surface area contributed by atoms with Crippen LogP contribution >= 0.6 is 0 Å². The minimum absolute atomic E-state index is 0.111. The Balaban J connectivity index is 3.30. The van der Waals surface area contributed by atoms with Gasteiger partial charge in [-0.05, 0) is 39.0 Å². The maximum absolute atomic E-state index is 12.2. The maximum Gasteiger partial charge on any atom is 0.339 e. The molecule has 1 aromatic rings. The molecule has 2 N–H and O–H groups in total.